The van der Waals surface area contributed by atoms with Gasteiger partial charge in [0.05, 0.1) is 4.92 Å². The Morgan fingerprint density at radius 2 is 2.11 bits per heavy atom. The first-order chi connectivity index (χ1) is 8.58. The van der Waals surface area contributed by atoms with Crippen LogP contribution in [-0.4, -0.2) is 40.2 Å². The Kier molecular flexibility index (Phi) is 3.61. The molecule has 0 atom stereocenters. The number of nitro benzene ring substituents is 1. The van der Waals surface area contributed by atoms with E-state index in [1.165, 1.54) is 36.0 Å². The van der Waals surface area contributed by atoms with Crippen LogP contribution in [-0.2, 0) is 0 Å². The summed E-state index contributed by atoms with van der Waals surface area (Å²) in [6.45, 7) is 0.872. The number of amidine groups is 1. The number of nitrogens with zero attached hydrogens (tertiary/aromatic N) is 3. The second-order valence-corrected chi connectivity index (χ2v) is 4.84. The number of rotatable bonds is 2. The molecule has 0 radical (unpaired) electrons. The van der Waals surface area contributed by atoms with Gasteiger partial charge in [-0.05, 0) is 12.1 Å². The highest BCUT2D eigenvalue weighted by Gasteiger charge is 2.17. The largest absolute Gasteiger partial charge is 0.353 e. The predicted octanol–water partition coefficient (Wildman–Crippen LogP) is 1.77. The molecule has 0 spiro atoms. The predicted molar refractivity (Wildman–Crippen MR) is 69.9 cm³/mol. The summed E-state index contributed by atoms with van der Waals surface area (Å²) in [7, 11) is 1.88. The first-order valence-electron chi connectivity index (χ1n) is 5.29. The molecular weight excluding hydrogens is 254 g/mol. The number of amides is 1. The Hall–Kier alpha value is -1.89. The third kappa shape index (κ3) is 2.67. The number of benzene rings is 1. The zero-order valence-electron chi connectivity index (χ0n) is 9.70. The van der Waals surface area contributed by atoms with E-state index in [0.717, 1.165) is 12.3 Å². The third-order valence-corrected chi connectivity index (χ3v) is 3.55. The van der Waals surface area contributed by atoms with Crippen LogP contribution in [0.15, 0.2) is 29.3 Å². The summed E-state index contributed by atoms with van der Waals surface area (Å²) in [5.74, 6) is 0.546. The maximum Gasteiger partial charge on any atom is 0.279 e. The third-order valence-electron chi connectivity index (χ3n) is 2.51. The van der Waals surface area contributed by atoms with E-state index in [9.17, 15) is 14.9 Å². The molecule has 0 aromatic heterocycles. The first-order valence-corrected chi connectivity index (χ1v) is 6.28. The minimum atomic E-state index is -0.499. The Bertz CT molecular complexity index is 513. The maximum atomic E-state index is 11.8. The van der Waals surface area contributed by atoms with Crippen LogP contribution in [0.25, 0.3) is 0 Å². The summed E-state index contributed by atoms with van der Waals surface area (Å²) in [5, 5.41) is 11.2. The van der Waals surface area contributed by atoms with Gasteiger partial charge in [0.2, 0.25) is 0 Å². The first kappa shape index (κ1) is 12.6. The second-order valence-electron chi connectivity index (χ2n) is 3.77. The molecule has 0 saturated carbocycles. The summed E-state index contributed by atoms with van der Waals surface area (Å²) in [6.07, 6.45) is 0. The molecule has 18 heavy (non-hydrogen) atoms. The smallest absolute Gasteiger partial charge is 0.279 e. The van der Waals surface area contributed by atoms with Crippen LogP contribution >= 0.6 is 11.8 Å². The quantitative estimate of drug-likeness (QED) is 0.601. The molecule has 0 N–H and O–H groups in total. The van der Waals surface area contributed by atoms with Crippen molar-refractivity contribution in [1.29, 1.82) is 0 Å². The average molecular weight is 265 g/mol. The molecule has 2 rings (SSSR count). The van der Waals surface area contributed by atoms with Crippen molar-refractivity contribution in [2.45, 2.75) is 0 Å². The topological polar surface area (TPSA) is 75.8 Å². The van der Waals surface area contributed by atoms with Crippen molar-refractivity contribution in [3.05, 3.63) is 39.9 Å². The Morgan fingerprint density at radius 1 is 1.44 bits per heavy atom. The fraction of sp³-hybridized carbons (Fsp3) is 0.273. The van der Waals surface area contributed by atoms with E-state index in [0.29, 0.717) is 10.7 Å². The molecule has 1 heterocycles. The van der Waals surface area contributed by atoms with Crippen LogP contribution in [0.4, 0.5) is 5.69 Å². The monoisotopic (exact) mass is 265 g/mol. The number of hydrogen-bond acceptors (Lipinski definition) is 4. The van der Waals surface area contributed by atoms with Crippen molar-refractivity contribution >= 4 is 28.5 Å². The lowest BCUT2D eigenvalue weighted by Crippen LogP contribution is -2.19. The molecule has 1 aliphatic heterocycles. The van der Waals surface area contributed by atoms with Gasteiger partial charge in [0.1, 0.15) is 0 Å². The van der Waals surface area contributed by atoms with Crippen LogP contribution in [0.3, 0.4) is 0 Å². The lowest BCUT2D eigenvalue weighted by Gasteiger charge is -2.08. The second kappa shape index (κ2) is 5.18. The van der Waals surface area contributed by atoms with Gasteiger partial charge >= 0.3 is 0 Å². The van der Waals surface area contributed by atoms with Crippen molar-refractivity contribution in [2.24, 2.45) is 4.99 Å². The van der Waals surface area contributed by atoms with Crippen molar-refractivity contribution in [3.63, 3.8) is 0 Å². The van der Waals surface area contributed by atoms with Crippen molar-refractivity contribution in [2.75, 3.05) is 19.3 Å². The Morgan fingerprint density at radius 3 is 2.61 bits per heavy atom. The highest BCUT2D eigenvalue weighted by atomic mass is 32.2. The molecule has 1 aromatic carbocycles. The summed E-state index contributed by atoms with van der Waals surface area (Å²) >= 11 is 1.53. The minimum Gasteiger partial charge on any atom is -0.353 e. The molecule has 1 saturated heterocycles. The molecule has 0 unspecified atom stereocenters. The van der Waals surface area contributed by atoms with E-state index in [4.69, 9.17) is 0 Å². The zero-order valence-corrected chi connectivity index (χ0v) is 10.5. The molecule has 1 amide bonds. The van der Waals surface area contributed by atoms with Gasteiger partial charge in [-0.1, -0.05) is 11.8 Å². The zero-order chi connectivity index (χ0) is 13.1. The van der Waals surface area contributed by atoms with E-state index < -0.39 is 4.92 Å². The lowest BCUT2D eigenvalue weighted by molar-refractivity contribution is -0.384. The maximum absolute atomic E-state index is 11.8. The van der Waals surface area contributed by atoms with Crippen LogP contribution in [0.5, 0.6) is 0 Å². The summed E-state index contributed by atoms with van der Waals surface area (Å²) in [6, 6.07) is 5.45. The van der Waals surface area contributed by atoms with Gasteiger partial charge in [-0.15, -0.1) is 0 Å². The summed E-state index contributed by atoms with van der Waals surface area (Å²) in [4.78, 5) is 27.7. The van der Waals surface area contributed by atoms with Crippen LogP contribution in [0, 0.1) is 10.1 Å². The highest BCUT2D eigenvalue weighted by Crippen LogP contribution is 2.18. The van der Waals surface area contributed by atoms with Crippen molar-refractivity contribution in [1.82, 2.24) is 4.90 Å². The van der Waals surface area contributed by atoms with Gasteiger partial charge < -0.3 is 4.90 Å². The molecule has 94 valence electrons. The van der Waals surface area contributed by atoms with Crippen LogP contribution in [0.1, 0.15) is 10.4 Å². The molecule has 0 aliphatic carbocycles. The number of non-ortho nitro benzene ring substituents is 1. The standard InChI is InChI=1S/C11H11N3O3S/c1-13-6-7-18-11(13)12-10(15)8-2-4-9(5-3-8)14(16)17/h2-5H,6-7H2,1H3. The number of aliphatic imine (C=N–C) groups is 1. The highest BCUT2D eigenvalue weighted by molar-refractivity contribution is 8.14. The van der Waals surface area contributed by atoms with E-state index in [2.05, 4.69) is 4.99 Å². The van der Waals surface area contributed by atoms with Gasteiger partial charge in [-0.3, -0.25) is 14.9 Å². The minimum absolute atomic E-state index is 0.0356. The number of carbonyl (C=O) groups is 1. The molecule has 1 aliphatic rings. The molecular formula is C11H11N3O3S. The van der Waals surface area contributed by atoms with Gasteiger partial charge in [0.25, 0.3) is 11.6 Å². The van der Waals surface area contributed by atoms with Crippen LogP contribution < -0.4 is 0 Å². The molecule has 1 aromatic rings. The number of carbonyl (C=O) groups excluding carboxylic acids is 1. The lowest BCUT2D eigenvalue weighted by atomic mass is 10.2. The number of hydrogen-bond donors (Lipinski definition) is 0. The Labute approximate surface area is 108 Å². The molecule has 6 nitrogen and oxygen atoms in total. The van der Waals surface area contributed by atoms with Gasteiger partial charge in [-0.2, -0.15) is 4.99 Å². The van der Waals surface area contributed by atoms with Crippen molar-refractivity contribution < 1.29 is 9.72 Å². The van der Waals surface area contributed by atoms with Gasteiger partial charge in [0.15, 0.2) is 5.17 Å². The molecule has 1 fully saturated rings. The van der Waals surface area contributed by atoms with E-state index in [1.54, 1.807) is 0 Å². The van der Waals surface area contributed by atoms with Gasteiger partial charge in [0, 0.05) is 37.0 Å². The number of thioether (sulfide) groups is 1. The fourth-order valence-electron chi connectivity index (χ4n) is 1.47. The molecule has 7 heteroatoms. The van der Waals surface area contributed by atoms with E-state index >= 15 is 0 Å². The van der Waals surface area contributed by atoms with Crippen LogP contribution in [0.2, 0.25) is 0 Å². The number of nitro groups is 1. The van der Waals surface area contributed by atoms with E-state index in [1.807, 2.05) is 11.9 Å². The Balaban J connectivity index is 2.16. The van der Waals surface area contributed by atoms with Crippen molar-refractivity contribution in [3.8, 4) is 0 Å². The molecule has 0 bridgehead atoms. The SMILES string of the molecule is CN1CCSC1=NC(=O)c1ccc([N+](=O)[O-])cc1. The average Bonchev–Trinajstić information content (AvgIpc) is 2.75. The van der Waals surface area contributed by atoms with Gasteiger partial charge in [-0.25, -0.2) is 0 Å². The fourth-order valence-corrected chi connectivity index (χ4v) is 2.48. The summed E-state index contributed by atoms with van der Waals surface area (Å²) in [5.41, 5.74) is 0.320. The van der Waals surface area contributed by atoms with E-state index in [-0.39, 0.29) is 11.6 Å². The normalized spacial score (nSPS) is 17.2. The summed E-state index contributed by atoms with van der Waals surface area (Å²) < 4.78 is 0.